The molecule has 0 N–H and O–H groups in total. The third-order valence-electron chi connectivity index (χ3n) is 4.88. The summed E-state index contributed by atoms with van der Waals surface area (Å²) < 4.78 is 5.30. The molecule has 1 saturated heterocycles. The summed E-state index contributed by atoms with van der Waals surface area (Å²) in [5, 5.41) is 0. The van der Waals surface area contributed by atoms with E-state index in [0.29, 0.717) is 6.61 Å². The smallest absolute Gasteiger partial charge is 0.310 e. The van der Waals surface area contributed by atoms with Gasteiger partial charge in [-0.2, -0.15) is 0 Å². The molecule has 2 atom stereocenters. The molecule has 1 aliphatic heterocycles. The first-order valence-corrected chi connectivity index (χ1v) is 9.17. The van der Waals surface area contributed by atoms with Crippen molar-refractivity contribution in [2.75, 3.05) is 32.8 Å². The van der Waals surface area contributed by atoms with Crippen LogP contribution in [0, 0.1) is 5.92 Å². The van der Waals surface area contributed by atoms with Gasteiger partial charge in [-0.15, -0.1) is 0 Å². The van der Waals surface area contributed by atoms with Crippen LogP contribution >= 0.6 is 0 Å². The lowest BCUT2D eigenvalue weighted by molar-refractivity contribution is -0.151. The van der Waals surface area contributed by atoms with Crippen molar-refractivity contribution in [2.45, 2.75) is 65.8 Å². The Morgan fingerprint density at radius 3 is 2.22 bits per heavy atom. The van der Waals surface area contributed by atoms with Crippen LogP contribution in [0.5, 0.6) is 0 Å². The van der Waals surface area contributed by atoms with Crippen LogP contribution in [0.1, 0.15) is 59.8 Å². The highest BCUT2D eigenvalue weighted by Gasteiger charge is 2.32. The van der Waals surface area contributed by atoms with Gasteiger partial charge < -0.3 is 9.64 Å². The second-order valence-electron chi connectivity index (χ2n) is 6.49. The minimum Gasteiger partial charge on any atom is -0.466 e. The second-order valence-corrected chi connectivity index (χ2v) is 6.49. The largest absolute Gasteiger partial charge is 0.466 e. The van der Waals surface area contributed by atoms with Crippen LogP contribution in [0.25, 0.3) is 0 Å². The molecular weight excluding hydrogens is 292 g/mol. The number of carbonyl (C=O) groups excluding carboxylic acids is 2. The molecule has 23 heavy (non-hydrogen) atoms. The summed E-state index contributed by atoms with van der Waals surface area (Å²) in [4.78, 5) is 28.0. The van der Waals surface area contributed by atoms with Crippen molar-refractivity contribution in [1.29, 1.82) is 0 Å². The van der Waals surface area contributed by atoms with Crippen LogP contribution < -0.4 is 0 Å². The summed E-state index contributed by atoms with van der Waals surface area (Å²) in [5.74, 6) is 0.0139. The van der Waals surface area contributed by atoms with Gasteiger partial charge in [-0.3, -0.25) is 14.5 Å². The van der Waals surface area contributed by atoms with Gasteiger partial charge in [0.15, 0.2) is 0 Å². The summed E-state index contributed by atoms with van der Waals surface area (Å²) in [5.41, 5.74) is 0. The lowest BCUT2D eigenvalue weighted by Crippen LogP contribution is -2.53. The zero-order chi connectivity index (χ0) is 17.2. The molecule has 2 unspecified atom stereocenters. The van der Waals surface area contributed by atoms with E-state index in [9.17, 15) is 9.59 Å². The number of unbranched alkanes of at least 4 members (excludes halogenated alkanes) is 3. The number of nitrogens with zero attached hydrogens (tertiary/aromatic N) is 2. The van der Waals surface area contributed by atoms with E-state index in [-0.39, 0.29) is 23.8 Å². The van der Waals surface area contributed by atoms with Gasteiger partial charge in [0.25, 0.3) is 0 Å². The molecular formula is C18H34N2O3. The fourth-order valence-corrected chi connectivity index (χ4v) is 3.29. The van der Waals surface area contributed by atoms with Crippen molar-refractivity contribution in [3.05, 3.63) is 0 Å². The average molecular weight is 326 g/mol. The molecule has 0 spiro atoms. The zero-order valence-corrected chi connectivity index (χ0v) is 15.3. The molecule has 1 rings (SSSR count). The van der Waals surface area contributed by atoms with Crippen LogP contribution in [0.2, 0.25) is 0 Å². The van der Waals surface area contributed by atoms with Crippen LogP contribution in [-0.4, -0.2) is 60.5 Å². The van der Waals surface area contributed by atoms with Crippen LogP contribution in [0.4, 0.5) is 0 Å². The first-order valence-electron chi connectivity index (χ1n) is 9.17. The molecule has 0 saturated carbocycles. The number of hydrogen-bond acceptors (Lipinski definition) is 4. The van der Waals surface area contributed by atoms with Gasteiger partial charge >= 0.3 is 5.97 Å². The summed E-state index contributed by atoms with van der Waals surface area (Å²) in [6, 6.07) is 0.171. The first kappa shape index (κ1) is 19.9. The lowest BCUT2D eigenvalue weighted by atomic mass is 9.92. The third kappa shape index (κ3) is 6.50. The minimum atomic E-state index is -0.0644. The highest BCUT2D eigenvalue weighted by molar-refractivity contribution is 5.74. The molecule has 0 aromatic carbocycles. The van der Waals surface area contributed by atoms with Crippen molar-refractivity contribution in [3.8, 4) is 0 Å². The maximum atomic E-state index is 12.4. The summed E-state index contributed by atoms with van der Waals surface area (Å²) >= 11 is 0. The van der Waals surface area contributed by atoms with E-state index >= 15 is 0 Å². The van der Waals surface area contributed by atoms with Crippen molar-refractivity contribution in [3.63, 3.8) is 0 Å². The van der Waals surface area contributed by atoms with Gasteiger partial charge in [0, 0.05) is 39.1 Å². The number of piperazine rings is 1. The molecule has 0 aromatic rings. The van der Waals surface area contributed by atoms with Gasteiger partial charge in [0.2, 0.25) is 5.91 Å². The van der Waals surface area contributed by atoms with Crippen LogP contribution in [-0.2, 0) is 14.3 Å². The molecule has 1 aliphatic rings. The molecule has 5 nitrogen and oxygen atoms in total. The molecule has 0 aliphatic carbocycles. The number of hydrogen-bond donors (Lipinski definition) is 0. The van der Waals surface area contributed by atoms with E-state index < -0.39 is 0 Å². The van der Waals surface area contributed by atoms with Gasteiger partial charge in [0.05, 0.1) is 12.5 Å². The van der Waals surface area contributed by atoms with Crippen LogP contribution in [0.3, 0.4) is 0 Å². The highest BCUT2D eigenvalue weighted by Crippen LogP contribution is 2.22. The first-order chi connectivity index (χ1) is 11.0. The minimum absolute atomic E-state index is 0.0596. The Bertz CT molecular complexity index is 365. The van der Waals surface area contributed by atoms with E-state index in [1.165, 1.54) is 19.3 Å². The van der Waals surface area contributed by atoms with E-state index in [4.69, 9.17) is 4.74 Å². The summed E-state index contributed by atoms with van der Waals surface area (Å²) in [7, 11) is 0. The molecule has 0 aromatic heterocycles. The number of carbonyl (C=O) groups is 2. The quantitative estimate of drug-likeness (QED) is 0.483. The van der Waals surface area contributed by atoms with Crippen molar-refractivity contribution < 1.29 is 14.3 Å². The standard InChI is InChI=1S/C18H34N2O3/c1-5-7-8-9-10-17(18(22)23-6-2)15(3)19-11-13-20(14-12-19)16(4)21/h15,17H,5-14H2,1-4H3. The van der Waals surface area contributed by atoms with Gasteiger partial charge in [-0.25, -0.2) is 0 Å². The Labute approximate surface area is 141 Å². The van der Waals surface area contributed by atoms with E-state index in [1.54, 1.807) is 6.92 Å². The number of esters is 1. The summed E-state index contributed by atoms with van der Waals surface area (Å²) in [6.45, 7) is 11.4. The fourth-order valence-electron chi connectivity index (χ4n) is 3.29. The van der Waals surface area contributed by atoms with Gasteiger partial charge in [-0.05, 0) is 20.3 Å². The monoisotopic (exact) mass is 326 g/mol. The Balaban J connectivity index is 2.58. The maximum absolute atomic E-state index is 12.4. The van der Waals surface area contributed by atoms with Crippen molar-refractivity contribution >= 4 is 11.9 Å². The highest BCUT2D eigenvalue weighted by atomic mass is 16.5. The third-order valence-corrected chi connectivity index (χ3v) is 4.88. The lowest BCUT2D eigenvalue weighted by Gasteiger charge is -2.40. The number of amides is 1. The molecule has 134 valence electrons. The molecule has 0 radical (unpaired) electrons. The van der Waals surface area contributed by atoms with E-state index in [0.717, 1.165) is 39.0 Å². The fraction of sp³-hybridized carbons (Fsp3) is 0.889. The van der Waals surface area contributed by atoms with E-state index in [1.807, 2.05) is 11.8 Å². The predicted octanol–water partition coefficient (Wildman–Crippen LogP) is 2.69. The average Bonchev–Trinajstić information content (AvgIpc) is 2.54. The van der Waals surface area contributed by atoms with Crippen molar-refractivity contribution in [2.24, 2.45) is 5.92 Å². The Morgan fingerprint density at radius 1 is 1.04 bits per heavy atom. The molecule has 1 amide bonds. The molecule has 1 fully saturated rings. The van der Waals surface area contributed by atoms with Gasteiger partial charge in [0.1, 0.15) is 0 Å². The second kappa shape index (κ2) is 10.6. The van der Waals surface area contributed by atoms with Gasteiger partial charge in [-0.1, -0.05) is 32.6 Å². The SMILES string of the molecule is CCCCCCC(C(=O)OCC)C(C)N1CCN(C(C)=O)CC1. The zero-order valence-electron chi connectivity index (χ0n) is 15.3. The predicted molar refractivity (Wildman–Crippen MR) is 92.2 cm³/mol. The topological polar surface area (TPSA) is 49.9 Å². The molecule has 0 bridgehead atoms. The normalized spacial score (nSPS) is 18.5. The van der Waals surface area contributed by atoms with Crippen molar-refractivity contribution in [1.82, 2.24) is 9.80 Å². The summed E-state index contributed by atoms with van der Waals surface area (Å²) in [6.07, 6.45) is 5.58. The molecule has 5 heteroatoms. The van der Waals surface area contributed by atoms with E-state index in [2.05, 4.69) is 18.7 Å². The Morgan fingerprint density at radius 2 is 1.70 bits per heavy atom. The van der Waals surface area contributed by atoms with Crippen LogP contribution in [0.15, 0.2) is 0 Å². The number of rotatable bonds is 9. The number of ether oxygens (including phenoxy) is 1. The maximum Gasteiger partial charge on any atom is 0.310 e. The molecule has 1 heterocycles. The Kier molecular flexibility index (Phi) is 9.22. The Hall–Kier alpha value is -1.10.